The average Bonchev–Trinajstić information content (AvgIpc) is 2.65. The van der Waals surface area contributed by atoms with Crippen LogP contribution >= 0.6 is 12.2 Å². The van der Waals surface area contributed by atoms with Crippen LogP contribution in [0.25, 0.3) is 0 Å². The second kappa shape index (κ2) is 6.71. The first-order valence-electron chi connectivity index (χ1n) is 6.07. The second-order valence-corrected chi connectivity index (χ2v) is 5.08. The Kier molecular flexibility index (Phi) is 5.58. The summed E-state index contributed by atoms with van der Waals surface area (Å²) in [5, 5.41) is 4.53. The molecule has 0 saturated heterocycles. The molecule has 1 heterocycles. The van der Waals surface area contributed by atoms with Gasteiger partial charge in [-0.25, -0.2) is 0 Å². The number of aromatic nitrogens is 2. The summed E-state index contributed by atoms with van der Waals surface area (Å²) in [6.45, 7) is 8.86. The molecular formula is C12H22N4S. The first kappa shape index (κ1) is 14.1. The lowest BCUT2D eigenvalue weighted by molar-refractivity contribution is 0.299. The minimum Gasteiger partial charge on any atom is -0.392 e. The molecule has 0 aliphatic rings. The molecule has 17 heavy (non-hydrogen) atoms. The Morgan fingerprint density at radius 1 is 1.59 bits per heavy atom. The third-order valence-electron chi connectivity index (χ3n) is 2.50. The van der Waals surface area contributed by atoms with Crippen LogP contribution in [-0.4, -0.2) is 32.8 Å². The van der Waals surface area contributed by atoms with Gasteiger partial charge in [0.25, 0.3) is 0 Å². The predicted octanol–water partition coefficient (Wildman–Crippen LogP) is 1.96. The summed E-state index contributed by atoms with van der Waals surface area (Å²) >= 11 is 4.96. The Morgan fingerprint density at radius 2 is 2.29 bits per heavy atom. The smallest absolute Gasteiger partial charge is 0.0870 e. The Morgan fingerprint density at radius 3 is 2.76 bits per heavy atom. The van der Waals surface area contributed by atoms with E-state index in [0.717, 1.165) is 25.2 Å². The van der Waals surface area contributed by atoms with Crippen LogP contribution in [0.1, 0.15) is 38.9 Å². The van der Waals surface area contributed by atoms with Crippen molar-refractivity contribution in [1.82, 2.24) is 14.7 Å². The summed E-state index contributed by atoms with van der Waals surface area (Å²) < 4.78 is 1.97. The van der Waals surface area contributed by atoms with Gasteiger partial charge >= 0.3 is 0 Å². The third-order valence-corrected chi connectivity index (χ3v) is 2.63. The molecule has 0 aliphatic heterocycles. The zero-order valence-corrected chi connectivity index (χ0v) is 11.7. The fourth-order valence-corrected chi connectivity index (χ4v) is 1.91. The van der Waals surface area contributed by atoms with Gasteiger partial charge in [-0.15, -0.1) is 0 Å². The molecule has 2 N–H and O–H groups in total. The Hall–Kier alpha value is -0.940. The molecule has 0 aliphatic carbocycles. The van der Waals surface area contributed by atoms with Gasteiger partial charge in [-0.2, -0.15) is 5.10 Å². The normalized spacial score (nSPS) is 11.4. The largest absolute Gasteiger partial charge is 0.392 e. The quantitative estimate of drug-likeness (QED) is 0.756. The second-order valence-electron chi connectivity index (χ2n) is 4.56. The predicted molar refractivity (Wildman–Crippen MR) is 75.0 cm³/mol. The molecule has 0 radical (unpaired) electrons. The summed E-state index contributed by atoms with van der Waals surface area (Å²) in [5.74, 6) is 0. The van der Waals surface area contributed by atoms with Crippen LogP contribution in [-0.2, 0) is 6.54 Å². The lowest BCUT2D eigenvalue weighted by atomic mass is 10.3. The Labute approximate surface area is 109 Å². The number of hydrogen-bond donors (Lipinski definition) is 1. The molecule has 96 valence electrons. The van der Waals surface area contributed by atoms with Crippen LogP contribution in [0.15, 0.2) is 12.3 Å². The van der Waals surface area contributed by atoms with Gasteiger partial charge in [-0.1, -0.05) is 19.1 Å². The van der Waals surface area contributed by atoms with Crippen molar-refractivity contribution in [3.63, 3.8) is 0 Å². The van der Waals surface area contributed by atoms with Gasteiger partial charge in [-0.05, 0) is 32.9 Å². The maximum Gasteiger partial charge on any atom is 0.0870 e. The minimum atomic E-state index is 0.402. The van der Waals surface area contributed by atoms with E-state index in [2.05, 4.69) is 36.8 Å². The SMILES string of the molecule is CCCN(CC(N)=S)Cc1ccn(C(C)C)n1. The molecule has 0 spiro atoms. The van der Waals surface area contributed by atoms with Crippen molar-refractivity contribution in [3.05, 3.63) is 18.0 Å². The summed E-state index contributed by atoms with van der Waals surface area (Å²) in [7, 11) is 0. The van der Waals surface area contributed by atoms with Gasteiger partial charge in [0.1, 0.15) is 0 Å². The number of rotatable bonds is 7. The van der Waals surface area contributed by atoms with E-state index in [1.54, 1.807) is 0 Å². The van der Waals surface area contributed by atoms with E-state index >= 15 is 0 Å². The van der Waals surface area contributed by atoms with E-state index in [9.17, 15) is 0 Å². The number of thiocarbonyl (C=S) groups is 1. The molecule has 1 rings (SSSR count). The van der Waals surface area contributed by atoms with Crippen LogP contribution in [0.5, 0.6) is 0 Å². The van der Waals surface area contributed by atoms with Gasteiger partial charge in [0.15, 0.2) is 0 Å². The van der Waals surface area contributed by atoms with Crippen LogP contribution < -0.4 is 5.73 Å². The average molecular weight is 254 g/mol. The van der Waals surface area contributed by atoms with Gasteiger partial charge in [0, 0.05) is 25.3 Å². The standard InChI is InChI=1S/C12H22N4S/c1-4-6-15(9-12(13)17)8-11-5-7-16(14-11)10(2)3/h5,7,10H,4,6,8-9H2,1-3H3,(H2,13,17). The Balaban J connectivity index is 2.61. The van der Waals surface area contributed by atoms with Crippen molar-refractivity contribution in [2.45, 2.75) is 39.8 Å². The highest BCUT2D eigenvalue weighted by Gasteiger charge is 2.09. The minimum absolute atomic E-state index is 0.402. The van der Waals surface area contributed by atoms with Crippen LogP contribution in [0.4, 0.5) is 0 Å². The molecule has 5 heteroatoms. The van der Waals surface area contributed by atoms with Crippen LogP contribution in [0.2, 0.25) is 0 Å². The van der Waals surface area contributed by atoms with Crippen molar-refractivity contribution in [3.8, 4) is 0 Å². The molecule has 4 nitrogen and oxygen atoms in total. The third kappa shape index (κ3) is 4.83. The zero-order chi connectivity index (χ0) is 12.8. The van der Waals surface area contributed by atoms with E-state index < -0.39 is 0 Å². The number of hydrogen-bond acceptors (Lipinski definition) is 3. The van der Waals surface area contributed by atoms with E-state index in [1.807, 2.05) is 10.9 Å². The Bertz CT molecular complexity index is 359. The molecule has 1 aromatic rings. The molecule has 0 fully saturated rings. The lowest BCUT2D eigenvalue weighted by Gasteiger charge is -2.19. The lowest BCUT2D eigenvalue weighted by Crippen LogP contribution is -2.33. The summed E-state index contributed by atoms with van der Waals surface area (Å²) in [6.07, 6.45) is 3.11. The summed E-state index contributed by atoms with van der Waals surface area (Å²) in [5.41, 5.74) is 6.67. The van der Waals surface area contributed by atoms with E-state index in [0.29, 0.717) is 17.6 Å². The topological polar surface area (TPSA) is 47.1 Å². The molecular weight excluding hydrogens is 232 g/mol. The van der Waals surface area contributed by atoms with E-state index in [1.165, 1.54) is 0 Å². The highest BCUT2D eigenvalue weighted by Crippen LogP contribution is 2.07. The summed E-state index contributed by atoms with van der Waals surface area (Å²) in [4.78, 5) is 2.77. The van der Waals surface area contributed by atoms with Crippen molar-refractivity contribution in [2.24, 2.45) is 5.73 Å². The molecule has 1 aromatic heterocycles. The first-order valence-corrected chi connectivity index (χ1v) is 6.48. The monoisotopic (exact) mass is 254 g/mol. The van der Waals surface area contributed by atoms with Crippen molar-refractivity contribution in [1.29, 1.82) is 0 Å². The molecule has 0 unspecified atom stereocenters. The molecule has 0 bridgehead atoms. The van der Waals surface area contributed by atoms with E-state index in [-0.39, 0.29) is 0 Å². The number of nitrogens with two attached hydrogens (primary N) is 1. The maximum absolute atomic E-state index is 5.59. The highest BCUT2D eigenvalue weighted by molar-refractivity contribution is 7.80. The van der Waals surface area contributed by atoms with Crippen LogP contribution in [0.3, 0.4) is 0 Å². The highest BCUT2D eigenvalue weighted by atomic mass is 32.1. The maximum atomic E-state index is 5.59. The van der Waals surface area contributed by atoms with Gasteiger partial charge in [0.2, 0.25) is 0 Å². The van der Waals surface area contributed by atoms with Crippen molar-refractivity contribution < 1.29 is 0 Å². The van der Waals surface area contributed by atoms with E-state index in [4.69, 9.17) is 18.0 Å². The molecule has 0 saturated carbocycles. The molecule has 0 amide bonds. The fourth-order valence-electron chi connectivity index (χ4n) is 1.73. The van der Waals surface area contributed by atoms with Crippen molar-refractivity contribution >= 4 is 17.2 Å². The first-order chi connectivity index (χ1) is 8.02. The fraction of sp³-hybridized carbons (Fsp3) is 0.667. The zero-order valence-electron chi connectivity index (χ0n) is 10.9. The van der Waals surface area contributed by atoms with Gasteiger partial charge in [0.05, 0.1) is 10.7 Å². The van der Waals surface area contributed by atoms with Gasteiger partial charge < -0.3 is 5.73 Å². The van der Waals surface area contributed by atoms with Gasteiger partial charge in [-0.3, -0.25) is 9.58 Å². The summed E-state index contributed by atoms with van der Waals surface area (Å²) in [6, 6.07) is 2.46. The van der Waals surface area contributed by atoms with Crippen molar-refractivity contribution in [2.75, 3.05) is 13.1 Å². The van der Waals surface area contributed by atoms with Crippen LogP contribution in [0, 0.1) is 0 Å². The molecule has 0 aromatic carbocycles. The number of nitrogens with zero attached hydrogens (tertiary/aromatic N) is 3. The molecule has 0 atom stereocenters.